The highest BCUT2D eigenvalue weighted by Crippen LogP contribution is 2.27. The Morgan fingerprint density at radius 2 is 1.94 bits per heavy atom. The van der Waals surface area contributed by atoms with E-state index in [0.717, 1.165) is 18.4 Å². The summed E-state index contributed by atoms with van der Waals surface area (Å²) in [5.74, 6) is 2.00. The van der Waals surface area contributed by atoms with Gasteiger partial charge in [-0.3, -0.25) is 4.79 Å². The van der Waals surface area contributed by atoms with Crippen molar-refractivity contribution in [2.45, 2.75) is 52.6 Å². The molecule has 0 unspecified atom stereocenters. The van der Waals surface area contributed by atoms with E-state index in [9.17, 15) is 4.79 Å². The van der Waals surface area contributed by atoms with E-state index in [1.807, 2.05) is 30.2 Å². The van der Waals surface area contributed by atoms with Gasteiger partial charge in [0.2, 0.25) is 5.91 Å². The molecule has 1 saturated heterocycles. The number of rotatable bonds is 6. The molecule has 166 valence electrons. The third-order valence-electron chi connectivity index (χ3n) is 5.89. The van der Waals surface area contributed by atoms with Gasteiger partial charge < -0.3 is 14.8 Å². The molecule has 0 aromatic carbocycles. The maximum Gasteiger partial charge on any atom is 0.245 e. The molecular formula is C22H27N9O. The highest BCUT2D eigenvalue weighted by molar-refractivity contribution is 5.90. The third-order valence-corrected chi connectivity index (χ3v) is 5.89. The molecule has 3 aromatic heterocycles. The zero-order valence-corrected chi connectivity index (χ0v) is 18.6. The molecule has 0 saturated carbocycles. The topological polar surface area (TPSA) is 126 Å². The van der Waals surface area contributed by atoms with Crippen LogP contribution < -0.4 is 5.32 Å². The molecular weight excluding hydrogens is 406 g/mol. The fourth-order valence-electron chi connectivity index (χ4n) is 4.02. The van der Waals surface area contributed by atoms with Crippen molar-refractivity contribution >= 4 is 22.9 Å². The number of hydrogen-bond acceptors (Lipinski definition) is 8. The van der Waals surface area contributed by atoms with Crippen molar-refractivity contribution in [2.24, 2.45) is 5.92 Å². The zero-order valence-electron chi connectivity index (χ0n) is 18.6. The number of aromatic nitrogens is 6. The maximum atomic E-state index is 13.1. The number of aryl methyl sites for hydroxylation is 2. The van der Waals surface area contributed by atoms with Crippen molar-refractivity contribution in [3.63, 3.8) is 0 Å². The summed E-state index contributed by atoms with van der Waals surface area (Å²) in [6, 6.07) is 1.88. The van der Waals surface area contributed by atoms with Gasteiger partial charge in [0.05, 0.1) is 11.6 Å². The molecule has 1 N–H and O–H groups in total. The summed E-state index contributed by atoms with van der Waals surface area (Å²) in [4.78, 5) is 37.2. The first kappa shape index (κ1) is 21.6. The van der Waals surface area contributed by atoms with Crippen LogP contribution in [0.5, 0.6) is 0 Å². The largest absolute Gasteiger partial charge is 0.356 e. The second-order valence-electron chi connectivity index (χ2n) is 7.93. The SMILES string of the molecule is CC[C@@H](Nc1ncnc2c1nc(-c1cnc(C)nc1)n2CC)C(=O)N1CCC(C#N)CC1. The summed E-state index contributed by atoms with van der Waals surface area (Å²) in [5, 5.41) is 12.4. The molecule has 1 atom stereocenters. The molecule has 10 nitrogen and oxygen atoms in total. The van der Waals surface area contributed by atoms with Gasteiger partial charge in [-0.1, -0.05) is 6.92 Å². The van der Waals surface area contributed by atoms with Crippen LogP contribution in [0, 0.1) is 24.2 Å². The van der Waals surface area contributed by atoms with Crippen LogP contribution in [0.1, 0.15) is 38.9 Å². The number of fused-ring (bicyclic) bond motifs is 1. The number of likely N-dealkylation sites (tertiary alicyclic amines) is 1. The van der Waals surface area contributed by atoms with E-state index in [4.69, 9.17) is 10.2 Å². The summed E-state index contributed by atoms with van der Waals surface area (Å²) >= 11 is 0. The number of carbonyl (C=O) groups excluding carboxylic acids is 1. The number of nitriles is 1. The van der Waals surface area contributed by atoms with Crippen molar-refractivity contribution in [3.05, 3.63) is 24.5 Å². The highest BCUT2D eigenvalue weighted by Gasteiger charge is 2.28. The van der Waals surface area contributed by atoms with E-state index >= 15 is 0 Å². The summed E-state index contributed by atoms with van der Waals surface area (Å²) in [6.07, 6.45) is 7.04. The predicted octanol–water partition coefficient (Wildman–Crippen LogP) is 2.56. The van der Waals surface area contributed by atoms with Crippen LogP contribution in [-0.2, 0) is 11.3 Å². The first-order valence-corrected chi connectivity index (χ1v) is 11.0. The fourth-order valence-corrected chi connectivity index (χ4v) is 4.02. The van der Waals surface area contributed by atoms with Crippen LogP contribution in [0.4, 0.5) is 5.82 Å². The smallest absolute Gasteiger partial charge is 0.245 e. The van der Waals surface area contributed by atoms with E-state index in [1.165, 1.54) is 6.33 Å². The third kappa shape index (κ3) is 4.10. The van der Waals surface area contributed by atoms with E-state index in [-0.39, 0.29) is 11.8 Å². The number of amides is 1. The minimum atomic E-state index is -0.426. The van der Waals surface area contributed by atoms with Crippen molar-refractivity contribution in [3.8, 4) is 17.5 Å². The molecule has 3 aromatic rings. The lowest BCUT2D eigenvalue weighted by atomic mass is 9.98. The number of piperidine rings is 1. The second-order valence-corrected chi connectivity index (χ2v) is 7.93. The molecule has 0 spiro atoms. The molecule has 10 heteroatoms. The Hall–Kier alpha value is -3.61. The minimum absolute atomic E-state index is 0.0257. The number of anilines is 1. The number of nitrogens with zero attached hydrogens (tertiary/aromatic N) is 8. The van der Waals surface area contributed by atoms with Crippen LogP contribution >= 0.6 is 0 Å². The predicted molar refractivity (Wildman–Crippen MR) is 119 cm³/mol. The number of imidazole rings is 1. The molecule has 1 amide bonds. The van der Waals surface area contributed by atoms with E-state index in [1.54, 1.807) is 12.4 Å². The maximum absolute atomic E-state index is 13.1. The van der Waals surface area contributed by atoms with Gasteiger partial charge >= 0.3 is 0 Å². The summed E-state index contributed by atoms with van der Waals surface area (Å²) < 4.78 is 1.99. The summed E-state index contributed by atoms with van der Waals surface area (Å²) in [5.41, 5.74) is 2.10. The normalized spacial score (nSPS) is 15.5. The molecule has 1 fully saturated rings. The van der Waals surface area contributed by atoms with Crippen molar-refractivity contribution in [1.82, 2.24) is 34.4 Å². The van der Waals surface area contributed by atoms with Gasteiger partial charge in [0, 0.05) is 37.9 Å². The average Bonchev–Trinajstić information content (AvgIpc) is 3.22. The van der Waals surface area contributed by atoms with E-state index in [2.05, 4.69) is 31.3 Å². The van der Waals surface area contributed by atoms with Gasteiger partial charge in [0.25, 0.3) is 0 Å². The van der Waals surface area contributed by atoms with Crippen molar-refractivity contribution in [1.29, 1.82) is 5.26 Å². The van der Waals surface area contributed by atoms with Gasteiger partial charge in [-0.05, 0) is 33.1 Å². The lowest BCUT2D eigenvalue weighted by molar-refractivity contribution is -0.133. The van der Waals surface area contributed by atoms with Crippen molar-refractivity contribution < 1.29 is 4.79 Å². The van der Waals surface area contributed by atoms with Crippen LogP contribution in [0.2, 0.25) is 0 Å². The number of nitrogens with one attached hydrogen (secondary N) is 1. The lowest BCUT2D eigenvalue weighted by Crippen LogP contribution is -2.46. The van der Waals surface area contributed by atoms with Gasteiger partial charge in [-0.2, -0.15) is 5.26 Å². The van der Waals surface area contributed by atoms with Crippen LogP contribution in [0.3, 0.4) is 0 Å². The van der Waals surface area contributed by atoms with E-state index in [0.29, 0.717) is 54.7 Å². The Morgan fingerprint density at radius 3 is 2.56 bits per heavy atom. The quantitative estimate of drug-likeness (QED) is 0.629. The number of hydrogen-bond donors (Lipinski definition) is 1. The molecule has 0 aliphatic carbocycles. The summed E-state index contributed by atoms with van der Waals surface area (Å²) in [7, 11) is 0. The van der Waals surface area contributed by atoms with Crippen LogP contribution in [0.15, 0.2) is 18.7 Å². The standard InChI is InChI=1S/C22H27N9O/c1-4-17(22(32)30-8-6-15(10-23)7-9-30)28-19-18-21(27-13-26-19)31(5-2)20(29-18)16-11-24-14(3)25-12-16/h11-13,15,17H,4-9H2,1-3H3,(H,26,27,28)/t17-/m1/s1. The molecule has 0 radical (unpaired) electrons. The van der Waals surface area contributed by atoms with Gasteiger partial charge in [-0.25, -0.2) is 24.9 Å². The zero-order chi connectivity index (χ0) is 22.7. The minimum Gasteiger partial charge on any atom is -0.356 e. The molecule has 1 aliphatic rings. The van der Waals surface area contributed by atoms with Crippen molar-refractivity contribution in [2.75, 3.05) is 18.4 Å². The Morgan fingerprint density at radius 1 is 1.22 bits per heavy atom. The Balaban J connectivity index is 1.63. The molecule has 1 aliphatic heterocycles. The first-order valence-electron chi connectivity index (χ1n) is 11.0. The molecule has 32 heavy (non-hydrogen) atoms. The summed E-state index contributed by atoms with van der Waals surface area (Å²) in [6.45, 7) is 7.71. The molecule has 4 rings (SSSR count). The average molecular weight is 434 g/mol. The Labute approximate surface area is 186 Å². The first-order chi connectivity index (χ1) is 15.5. The fraction of sp³-hybridized carbons (Fsp3) is 0.500. The molecule has 0 bridgehead atoms. The highest BCUT2D eigenvalue weighted by atomic mass is 16.2. The number of carbonyl (C=O) groups is 1. The molecule has 4 heterocycles. The van der Waals surface area contributed by atoms with Crippen LogP contribution in [0.25, 0.3) is 22.6 Å². The Bertz CT molecular complexity index is 1140. The van der Waals surface area contributed by atoms with Crippen LogP contribution in [-0.4, -0.2) is 59.4 Å². The van der Waals surface area contributed by atoms with Gasteiger partial charge in [0.15, 0.2) is 17.0 Å². The second kappa shape index (κ2) is 9.26. The monoisotopic (exact) mass is 433 g/mol. The van der Waals surface area contributed by atoms with Gasteiger partial charge in [0.1, 0.15) is 24.0 Å². The Kier molecular flexibility index (Phi) is 6.25. The van der Waals surface area contributed by atoms with Gasteiger partial charge in [-0.15, -0.1) is 0 Å². The lowest BCUT2D eigenvalue weighted by Gasteiger charge is -2.32. The van der Waals surface area contributed by atoms with E-state index < -0.39 is 6.04 Å².